The van der Waals surface area contributed by atoms with Crippen LogP contribution < -0.4 is 5.63 Å². The van der Waals surface area contributed by atoms with E-state index in [9.17, 15) is 9.90 Å². The number of hydrogen-bond acceptors (Lipinski definition) is 3. The Kier molecular flexibility index (Phi) is 5.57. The third-order valence-electron chi connectivity index (χ3n) is 4.94. The van der Waals surface area contributed by atoms with E-state index in [1.807, 2.05) is 55.5 Å². The van der Waals surface area contributed by atoms with Gasteiger partial charge in [-0.25, -0.2) is 4.79 Å². The molecule has 1 heterocycles. The molecule has 0 aliphatic heterocycles. The van der Waals surface area contributed by atoms with E-state index >= 15 is 0 Å². The second-order valence-electron chi connectivity index (χ2n) is 6.66. The van der Waals surface area contributed by atoms with Gasteiger partial charge in [0.05, 0.1) is 5.56 Å². The van der Waals surface area contributed by atoms with Gasteiger partial charge in [0.25, 0.3) is 0 Å². The summed E-state index contributed by atoms with van der Waals surface area (Å²) in [4.78, 5) is 12.6. The van der Waals surface area contributed by atoms with Crippen LogP contribution >= 0.6 is 0 Å². The van der Waals surface area contributed by atoms with Crippen molar-refractivity contribution in [3.63, 3.8) is 0 Å². The van der Waals surface area contributed by atoms with Crippen LogP contribution in [-0.2, 0) is 6.42 Å². The molecule has 0 radical (unpaired) electrons. The van der Waals surface area contributed by atoms with Gasteiger partial charge in [-0.3, -0.25) is 0 Å². The minimum Gasteiger partial charge on any atom is -0.507 e. The molecular formula is C23H24O3. The summed E-state index contributed by atoms with van der Waals surface area (Å²) in [6.07, 6.45) is 1.60. The predicted molar refractivity (Wildman–Crippen MR) is 104 cm³/mol. The van der Waals surface area contributed by atoms with Crippen LogP contribution in [0.15, 0.2) is 75.9 Å². The fraction of sp³-hybridized carbons (Fsp3) is 0.261. The second kappa shape index (κ2) is 8.05. The normalized spacial score (nSPS) is 13.3. The second-order valence-corrected chi connectivity index (χ2v) is 6.66. The van der Waals surface area contributed by atoms with Crippen molar-refractivity contribution in [2.24, 2.45) is 0 Å². The Labute approximate surface area is 153 Å². The summed E-state index contributed by atoms with van der Waals surface area (Å²) in [5.74, 6) is 0.384. The molecule has 26 heavy (non-hydrogen) atoms. The summed E-state index contributed by atoms with van der Waals surface area (Å²) in [5.41, 5.74) is 2.01. The van der Waals surface area contributed by atoms with E-state index in [0.29, 0.717) is 11.3 Å². The van der Waals surface area contributed by atoms with E-state index in [1.165, 1.54) is 5.56 Å². The molecule has 3 nitrogen and oxygen atoms in total. The number of benzene rings is 2. The van der Waals surface area contributed by atoms with Crippen LogP contribution in [0.4, 0.5) is 0 Å². The molecule has 0 aliphatic carbocycles. The average Bonchev–Trinajstić information content (AvgIpc) is 2.67. The Hall–Kier alpha value is -2.81. The first-order valence-corrected chi connectivity index (χ1v) is 9.06. The van der Waals surface area contributed by atoms with Crippen molar-refractivity contribution in [1.29, 1.82) is 0 Å². The number of rotatable bonds is 6. The summed E-state index contributed by atoms with van der Waals surface area (Å²) in [5, 5.41) is 10.6. The molecule has 2 aromatic carbocycles. The summed E-state index contributed by atoms with van der Waals surface area (Å²) in [6, 6.07) is 21.4. The quantitative estimate of drug-likeness (QED) is 0.663. The smallest absolute Gasteiger partial charge is 0.343 e. The summed E-state index contributed by atoms with van der Waals surface area (Å²) in [7, 11) is 0. The molecule has 0 saturated heterocycles. The maximum Gasteiger partial charge on any atom is 0.343 e. The van der Waals surface area contributed by atoms with Crippen LogP contribution in [0, 0.1) is 0 Å². The van der Waals surface area contributed by atoms with Gasteiger partial charge in [-0.15, -0.1) is 0 Å². The maximum absolute atomic E-state index is 12.6. The Bertz CT molecular complexity index is 898. The molecule has 2 atom stereocenters. The van der Waals surface area contributed by atoms with Gasteiger partial charge in [0.2, 0.25) is 0 Å². The van der Waals surface area contributed by atoms with Crippen molar-refractivity contribution in [2.45, 2.75) is 38.5 Å². The molecule has 1 N–H and O–H groups in total. The molecule has 0 aliphatic rings. The highest BCUT2D eigenvalue weighted by molar-refractivity contribution is 5.39. The molecule has 0 fully saturated rings. The van der Waals surface area contributed by atoms with Gasteiger partial charge in [-0.2, -0.15) is 0 Å². The molecule has 0 amide bonds. The lowest BCUT2D eigenvalue weighted by Crippen LogP contribution is -2.15. The van der Waals surface area contributed by atoms with Gasteiger partial charge >= 0.3 is 5.63 Å². The first-order chi connectivity index (χ1) is 12.6. The molecule has 0 spiro atoms. The van der Waals surface area contributed by atoms with Crippen molar-refractivity contribution < 1.29 is 9.52 Å². The molecule has 0 saturated carbocycles. The van der Waals surface area contributed by atoms with E-state index < -0.39 is 5.63 Å². The number of hydrogen-bond donors (Lipinski definition) is 1. The lowest BCUT2D eigenvalue weighted by molar-refractivity contribution is 0.383. The average molecular weight is 348 g/mol. The van der Waals surface area contributed by atoms with Crippen molar-refractivity contribution in [3.05, 3.63) is 99.6 Å². The van der Waals surface area contributed by atoms with Gasteiger partial charge in [0.15, 0.2) is 0 Å². The van der Waals surface area contributed by atoms with Gasteiger partial charge in [0, 0.05) is 17.9 Å². The summed E-state index contributed by atoms with van der Waals surface area (Å²) >= 11 is 0. The Morgan fingerprint density at radius 1 is 1.00 bits per heavy atom. The van der Waals surface area contributed by atoms with E-state index in [1.54, 1.807) is 6.07 Å². The topological polar surface area (TPSA) is 50.4 Å². The van der Waals surface area contributed by atoms with E-state index in [0.717, 1.165) is 18.4 Å². The van der Waals surface area contributed by atoms with Crippen molar-refractivity contribution in [1.82, 2.24) is 0 Å². The molecule has 2 unspecified atom stereocenters. The minimum atomic E-state index is -0.456. The first kappa shape index (κ1) is 18.0. The zero-order chi connectivity index (χ0) is 18.5. The molecule has 1 aromatic heterocycles. The highest BCUT2D eigenvalue weighted by Crippen LogP contribution is 2.32. The Morgan fingerprint density at radius 2 is 1.62 bits per heavy atom. The summed E-state index contributed by atoms with van der Waals surface area (Å²) in [6.45, 7) is 3.97. The summed E-state index contributed by atoms with van der Waals surface area (Å²) < 4.78 is 5.64. The predicted octanol–water partition coefficient (Wildman–Crippen LogP) is 5.23. The van der Waals surface area contributed by atoms with E-state index in [2.05, 4.69) is 19.1 Å². The Morgan fingerprint density at radius 3 is 2.19 bits per heavy atom. The van der Waals surface area contributed by atoms with Crippen molar-refractivity contribution in [2.75, 3.05) is 0 Å². The highest BCUT2D eigenvalue weighted by atomic mass is 16.4. The molecule has 3 aromatic rings. The van der Waals surface area contributed by atoms with Gasteiger partial charge < -0.3 is 9.52 Å². The molecule has 3 heteroatoms. The third-order valence-corrected chi connectivity index (χ3v) is 4.94. The number of aromatic hydroxyl groups is 1. The van der Waals surface area contributed by atoms with Gasteiger partial charge in [0.1, 0.15) is 11.5 Å². The van der Waals surface area contributed by atoms with Crippen molar-refractivity contribution in [3.8, 4) is 5.75 Å². The standard InChI is InChI=1S/C23H24O3/c1-3-18(14-17-10-6-4-7-11-17)21-15-20(24)22(23(25)26-21)16(2)19-12-8-5-9-13-19/h4-13,15-16,18,24H,3,14H2,1-2H3. The van der Waals surface area contributed by atoms with Crippen LogP contribution in [0.2, 0.25) is 0 Å². The zero-order valence-corrected chi connectivity index (χ0v) is 15.2. The fourth-order valence-electron chi connectivity index (χ4n) is 3.36. The molecule has 134 valence electrons. The minimum absolute atomic E-state index is 0.0131. The largest absolute Gasteiger partial charge is 0.507 e. The SMILES string of the molecule is CCC(Cc1ccccc1)c1cc(O)c(C(C)c2ccccc2)c(=O)o1. The van der Waals surface area contributed by atoms with Gasteiger partial charge in [-0.05, 0) is 24.0 Å². The van der Waals surface area contributed by atoms with Crippen LogP contribution in [0.1, 0.15) is 54.6 Å². The fourth-order valence-corrected chi connectivity index (χ4v) is 3.36. The Balaban J connectivity index is 1.92. The lowest BCUT2D eigenvalue weighted by atomic mass is 9.91. The molecular weight excluding hydrogens is 324 g/mol. The highest BCUT2D eigenvalue weighted by Gasteiger charge is 2.22. The molecule has 3 rings (SSSR count). The van der Waals surface area contributed by atoms with Gasteiger partial charge in [-0.1, -0.05) is 74.5 Å². The lowest BCUT2D eigenvalue weighted by Gasteiger charge is -2.17. The van der Waals surface area contributed by atoms with Crippen LogP contribution in [0.25, 0.3) is 0 Å². The molecule has 0 bridgehead atoms. The van der Waals surface area contributed by atoms with Crippen LogP contribution in [0.5, 0.6) is 5.75 Å². The van der Waals surface area contributed by atoms with E-state index in [4.69, 9.17) is 4.42 Å². The van der Waals surface area contributed by atoms with Crippen LogP contribution in [-0.4, -0.2) is 5.11 Å². The zero-order valence-electron chi connectivity index (χ0n) is 15.2. The van der Waals surface area contributed by atoms with Crippen LogP contribution in [0.3, 0.4) is 0 Å². The maximum atomic E-state index is 12.6. The van der Waals surface area contributed by atoms with E-state index in [-0.39, 0.29) is 17.6 Å². The van der Waals surface area contributed by atoms with Crippen molar-refractivity contribution >= 4 is 0 Å². The third kappa shape index (κ3) is 3.88. The monoisotopic (exact) mass is 348 g/mol. The first-order valence-electron chi connectivity index (χ1n) is 9.06.